The molecule has 1 saturated heterocycles. The number of aromatic nitrogens is 3. The van der Waals surface area contributed by atoms with E-state index < -0.39 is 9.84 Å². The van der Waals surface area contributed by atoms with Crippen molar-refractivity contribution < 1.29 is 17.6 Å². The van der Waals surface area contributed by atoms with Crippen molar-refractivity contribution in [2.75, 3.05) is 29.9 Å². The van der Waals surface area contributed by atoms with E-state index in [9.17, 15) is 17.6 Å². The first-order chi connectivity index (χ1) is 14.8. The van der Waals surface area contributed by atoms with Gasteiger partial charge in [0.25, 0.3) is 5.91 Å². The molecule has 1 aliphatic rings. The van der Waals surface area contributed by atoms with Crippen LogP contribution in [0.3, 0.4) is 0 Å². The number of hydrogen-bond donors (Lipinski definition) is 1. The van der Waals surface area contributed by atoms with Gasteiger partial charge in [0.2, 0.25) is 0 Å². The molecule has 0 aliphatic carbocycles. The second-order valence-electron chi connectivity index (χ2n) is 7.36. The summed E-state index contributed by atoms with van der Waals surface area (Å²) in [7, 11) is -3.04. The van der Waals surface area contributed by atoms with Crippen LogP contribution >= 0.6 is 0 Å². The van der Waals surface area contributed by atoms with Crippen molar-refractivity contribution in [3.05, 3.63) is 71.7 Å². The number of benzene rings is 1. The van der Waals surface area contributed by atoms with Crippen molar-refractivity contribution in [3.8, 4) is 5.69 Å². The molecule has 2 aromatic heterocycles. The second kappa shape index (κ2) is 8.46. The van der Waals surface area contributed by atoms with E-state index in [1.165, 1.54) is 17.2 Å². The molecular formula is C21H22FN5O3S. The Morgan fingerprint density at radius 3 is 2.55 bits per heavy atom. The first kappa shape index (κ1) is 21.0. The second-order valence-corrected chi connectivity index (χ2v) is 9.66. The maximum Gasteiger partial charge on any atom is 0.255 e. The Labute approximate surface area is 179 Å². The number of sulfone groups is 1. The number of halogens is 1. The molecule has 0 atom stereocenters. The van der Waals surface area contributed by atoms with Crippen molar-refractivity contribution in [1.29, 1.82) is 0 Å². The summed E-state index contributed by atoms with van der Waals surface area (Å²) in [4.78, 5) is 22.4. The summed E-state index contributed by atoms with van der Waals surface area (Å²) in [6, 6.07) is 8.31. The predicted molar refractivity (Wildman–Crippen MR) is 114 cm³/mol. The van der Waals surface area contributed by atoms with Crippen LogP contribution in [-0.2, 0) is 16.4 Å². The van der Waals surface area contributed by atoms with Crippen molar-refractivity contribution in [3.63, 3.8) is 0 Å². The minimum atomic E-state index is -3.04. The average molecular weight is 444 g/mol. The average Bonchev–Trinajstić information content (AvgIpc) is 3.18. The number of rotatable bonds is 5. The Hall–Kier alpha value is -3.27. The Morgan fingerprint density at radius 2 is 1.94 bits per heavy atom. The van der Waals surface area contributed by atoms with E-state index in [1.54, 1.807) is 35.2 Å². The highest BCUT2D eigenvalue weighted by atomic mass is 32.2. The summed E-state index contributed by atoms with van der Waals surface area (Å²) in [6.45, 7) is 2.56. The van der Waals surface area contributed by atoms with E-state index in [2.05, 4.69) is 15.3 Å². The summed E-state index contributed by atoms with van der Waals surface area (Å²) in [5.41, 5.74) is 1.58. The zero-order valence-electron chi connectivity index (χ0n) is 17.0. The summed E-state index contributed by atoms with van der Waals surface area (Å²) in [5, 5.41) is 3.11. The molecule has 0 unspecified atom stereocenters. The lowest BCUT2D eigenvalue weighted by atomic mass is 10.2. The van der Waals surface area contributed by atoms with Gasteiger partial charge >= 0.3 is 0 Å². The van der Waals surface area contributed by atoms with E-state index in [0.29, 0.717) is 29.4 Å². The largest absolute Gasteiger partial charge is 0.366 e. The van der Waals surface area contributed by atoms with Crippen LogP contribution in [0, 0.1) is 12.7 Å². The Kier molecular flexibility index (Phi) is 5.73. The van der Waals surface area contributed by atoms with Crippen molar-refractivity contribution in [2.24, 2.45) is 0 Å². The first-order valence-corrected chi connectivity index (χ1v) is 11.6. The maximum atomic E-state index is 14.5. The lowest BCUT2D eigenvalue weighted by molar-refractivity contribution is 0.0770. The molecule has 162 valence electrons. The lowest BCUT2D eigenvalue weighted by Gasteiger charge is -2.26. The van der Waals surface area contributed by atoms with Crippen LogP contribution in [0.25, 0.3) is 5.69 Å². The van der Waals surface area contributed by atoms with Gasteiger partial charge in [0, 0.05) is 38.2 Å². The van der Waals surface area contributed by atoms with E-state index in [-0.39, 0.29) is 36.3 Å². The number of anilines is 1. The predicted octanol–water partition coefficient (Wildman–Crippen LogP) is 2.20. The van der Waals surface area contributed by atoms with Gasteiger partial charge in [0.15, 0.2) is 9.84 Å². The van der Waals surface area contributed by atoms with Crippen molar-refractivity contribution in [1.82, 2.24) is 19.4 Å². The molecule has 1 amide bonds. The first-order valence-electron chi connectivity index (χ1n) is 9.81. The fourth-order valence-corrected chi connectivity index (χ4v) is 4.61. The highest BCUT2D eigenvalue weighted by molar-refractivity contribution is 7.91. The number of nitrogens with zero attached hydrogens (tertiary/aromatic N) is 4. The number of hydrogen-bond acceptors (Lipinski definition) is 6. The zero-order chi connectivity index (χ0) is 22.0. The normalized spacial score (nSPS) is 15.6. The molecule has 0 radical (unpaired) electrons. The third kappa shape index (κ3) is 4.74. The van der Waals surface area contributed by atoms with Gasteiger partial charge in [-0.2, -0.15) is 0 Å². The number of carbonyl (C=O) groups is 1. The molecule has 1 N–H and O–H groups in total. The summed E-state index contributed by atoms with van der Waals surface area (Å²) in [6.07, 6.45) is 4.79. The van der Waals surface area contributed by atoms with Crippen LogP contribution in [0.2, 0.25) is 0 Å². The Morgan fingerprint density at radius 1 is 1.16 bits per heavy atom. The number of amides is 1. The third-order valence-corrected chi connectivity index (χ3v) is 6.82. The van der Waals surface area contributed by atoms with E-state index in [4.69, 9.17) is 0 Å². The van der Waals surface area contributed by atoms with Gasteiger partial charge in [-0.3, -0.25) is 4.79 Å². The van der Waals surface area contributed by atoms with E-state index >= 15 is 0 Å². The monoisotopic (exact) mass is 443 g/mol. The van der Waals surface area contributed by atoms with Gasteiger partial charge in [0.05, 0.1) is 22.8 Å². The molecule has 1 fully saturated rings. The summed E-state index contributed by atoms with van der Waals surface area (Å²) in [5.74, 6) is 0.644. The third-order valence-electron chi connectivity index (χ3n) is 5.21. The van der Waals surface area contributed by atoms with Gasteiger partial charge in [-0.25, -0.2) is 22.8 Å². The summed E-state index contributed by atoms with van der Waals surface area (Å²) < 4.78 is 39.2. The van der Waals surface area contributed by atoms with Gasteiger partial charge in [-0.05, 0) is 36.8 Å². The van der Waals surface area contributed by atoms with Gasteiger partial charge < -0.3 is 14.8 Å². The SMILES string of the molecule is Cc1nccn1-c1ccc(CNc2ccc(C(=O)N3CCS(=O)(=O)CC3)cn2)cc1F. The van der Waals surface area contributed by atoms with Crippen LogP contribution in [0.4, 0.5) is 10.2 Å². The van der Waals surface area contributed by atoms with Gasteiger partial charge in [-0.1, -0.05) is 6.07 Å². The van der Waals surface area contributed by atoms with Crippen LogP contribution in [-0.4, -0.2) is 58.4 Å². The maximum absolute atomic E-state index is 14.5. The van der Waals surface area contributed by atoms with Gasteiger partial charge in [-0.15, -0.1) is 0 Å². The number of pyridine rings is 1. The zero-order valence-corrected chi connectivity index (χ0v) is 17.8. The molecular weight excluding hydrogens is 421 g/mol. The number of nitrogens with one attached hydrogen (secondary N) is 1. The molecule has 0 saturated carbocycles. The molecule has 1 aromatic carbocycles. The van der Waals surface area contributed by atoms with Crippen LogP contribution < -0.4 is 5.32 Å². The van der Waals surface area contributed by atoms with Crippen LogP contribution in [0.15, 0.2) is 48.9 Å². The molecule has 3 heterocycles. The Balaban J connectivity index is 1.37. The smallest absolute Gasteiger partial charge is 0.255 e. The molecule has 0 spiro atoms. The van der Waals surface area contributed by atoms with Crippen LogP contribution in [0.5, 0.6) is 0 Å². The quantitative estimate of drug-likeness (QED) is 0.649. The standard InChI is InChI=1S/C21H22FN5O3S/c1-15-23-6-7-27(15)19-4-2-16(12-18(19)22)13-24-20-5-3-17(14-25-20)21(28)26-8-10-31(29,30)11-9-26/h2-7,12,14H,8-11,13H2,1H3,(H,24,25). The number of carbonyl (C=O) groups excluding carboxylic acids is 1. The van der Waals surface area contributed by atoms with Crippen molar-refractivity contribution in [2.45, 2.75) is 13.5 Å². The highest BCUT2D eigenvalue weighted by Crippen LogP contribution is 2.18. The molecule has 8 nitrogen and oxygen atoms in total. The summed E-state index contributed by atoms with van der Waals surface area (Å²) >= 11 is 0. The fourth-order valence-electron chi connectivity index (χ4n) is 3.40. The molecule has 0 bridgehead atoms. The molecule has 1 aliphatic heterocycles. The molecule has 31 heavy (non-hydrogen) atoms. The topological polar surface area (TPSA) is 97.2 Å². The van der Waals surface area contributed by atoms with Crippen molar-refractivity contribution >= 4 is 21.6 Å². The van der Waals surface area contributed by atoms with E-state index in [1.807, 2.05) is 13.0 Å². The molecule has 3 aromatic rings. The number of imidazole rings is 1. The Bertz CT molecular complexity index is 1190. The van der Waals surface area contributed by atoms with E-state index in [0.717, 1.165) is 5.56 Å². The van der Waals surface area contributed by atoms with Crippen LogP contribution in [0.1, 0.15) is 21.7 Å². The lowest BCUT2D eigenvalue weighted by Crippen LogP contribution is -2.43. The number of aryl methyl sites for hydroxylation is 1. The molecule has 10 heteroatoms. The highest BCUT2D eigenvalue weighted by Gasteiger charge is 2.25. The fraction of sp³-hybridized carbons (Fsp3) is 0.286. The minimum Gasteiger partial charge on any atom is -0.366 e. The molecule has 4 rings (SSSR count). The van der Waals surface area contributed by atoms with Gasteiger partial charge in [0.1, 0.15) is 17.5 Å². The minimum absolute atomic E-state index is 0.0123.